The van der Waals surface area contributed by atoms with Gasteiger partial charge in [-0.15, -0.1) is 0 Å². The minimum absolute atomic E-state index is 0.0564. The molecule has 2 aromatic carbocycles. The Morgan fingerprint density at radius 2 is 1.93 bits per heavy atom. The van der Waals surface area contributed by atoms with Crippen molar-refractivity contribution in [3.8, 4) is 11.5 Å². The maximum absolute atomic E-state index is 14.3. The molecule has 42 heavy (non-hydrogen) atoms. The average molecular weight is 573 g/mol. The Labute approximate surface area is 245 Å². The number of nitrogens with one attached hydrogen (secondary N) is 1. The maximum atomic E-state index is 14.3. The minimum atomic E-state index is -0.505. The largest absolute Gasteiger partial charge is 0.451 e. The Hall–Kier alpha value is -4.05. The van der Waals surface area contributed by atoms with Gasteiger partial charge in [0.15, 0.2) is 11.6 Å². The zero-order chi connectivity index (χ0) is 29.6. The molecule has 3 aromatic rings. The Kier molecular flexibility index (Phi) is 7.12. The van der Waals surface area contributed by atoms with Gasteiger partial charge < -0.3 is 19.9 Å². The van der Waals surface area contributed by atoms with Gasteiger partial charge in [-0.3, -0.25) is 14.5 Å². The highest BCUT2D eigenvalue weighted by molar-refractivity contribution is 5.99. The number of hydrogen-bond acceptors (Lipinski definition) is 7. The van der Waals surface area contributed by atoms with E-state index in [-0.39, 0.29) is 28.5 Å². The van der Waals surface area contributed by atoms with Crippen LogP contribution in [0.4, 0.5) is 15.9 Å². The molecule has 9 nitrogen and oxygen atoms in total. The van der Waals surface area contributed by atoms with Gasteiger partial charge in [0.25, 0.3) is 5.91 Å². The molecule has 1 unspecified atom stereocenters. The zero-order valence-corrected chi connectivity index (χ0v) is 24.6. The fourth-order valence-electron chi connectivity index (χ4n) is 6.21. The highest BCUT2D eigenvalue weighted by atomic mass is 19.1. The van der Waals surface area contributed by atoms with Crippen molar-refractivity contribution in [2.24, 2.45) is 5.41 Å². The lowest BCUT2D eigenvalue weighted by Gasteiger charge is -2.32. The van der Waals surface area contributed by atoms with Crippen LogP contribution in [0.15, 0.2) is 48.9 Å². The second-order valence-electron chi connectivity index (χ2n) is 12.8. The van der Waals surface area contributed by atoms with Crippen molar-refractivity contribution < 1.29 is 18.7 Å². The summed E-state index contributed by atoms with van der Waals surface area (Å²) < 4.78 is 20.5. The van der Waals surface area contributed by atoms with Crippen LogP contribution in [0.3, 0.4) is 0 Å². The number of nitrogens with zero attached hydrogens (tertiary/aromatic N) is 5. The van der Waals surface area contributed by atoms with Crippen LogP contribution in [0.5, 0.6) is 11.5 Å². The smallest absolute Gasteiger partial charge is 0.257 e. The molecular formula is C32H37FN6O3. The van der Waals surface area contributed by atoms with Gasteiger partial charge in [-0.25, -0.2) is 14.4 Å². The Balaban J connectivity index is 1.16. The SMILES string of the molecule is CN(C(=O)c1cc(F)ccc1Oc1cncnc1N1CCC2(CCN(Cc3ccc4c(c3)NC(=O)C4)C2)C1)C(C)(C)C. The first-order valence-corrected chi connectivity index (χ1v) is 14.4. The number of likely N-dealkylation sites (tertiary alicyclic amines) is 1. The van der Waals surface area contributed by atoms with E-state index < -0.39 is 11.4 Å². The topological polar surface area (TPSA) is 90.9 Å². The first kappa shape index (κ1) is 28.1. The van der Waals surface area contributed by atoms with Gasteiger partial charge in [-0.1, -0.05) is 12.1 Å². The van der Waals surface area contributed by atoms with Crippen molar-refractivity contribution in [1.29, 1.82) is 0 Å². The van der Waals surface area contributed by atoms with Crippen LogP contribution in [0.1, 0.15) is 55.1 Å². The number of amides is 2. The first-order chi connectivity index (χ1) is 20.0. The molecule has 2 fully saturated rings. The van der Waals surface area contributed by atoms with Gasteiger partial charge in [0.2, 0.25) is 5.91 Å². The van der Waals surface area contributed by atoms with E-state index in [1.54, 1.807) is 18.1 Å². The van der Waals surface area contributed by atoms with E-state index in [1.807, 2.05) is 20.8 Å². The van der Waals surface area contributed by atoms with Gasteiger partial charge in [0, 0.05) is 49.9 Å². The minimum Gasteiger partial charge on any atom is -0.451 e. The van der Waals surface area contributed by atoms with Crippen molar-refractivity contribution >= 4 is 23.3 Å². The molecule has 0 saturated carbocycles. The predicted molar refractivity (Wildman–Crippen MR) is 158 cm³/mol. The molecule has 1 aromatic heterocycles. The lowest BCUT2D eigenvalue weighted by Crippen LogP contribution is -2.42. The number of hydrogen-bond donors (Lipinski definition) is 1. The zero-order valence-electron chi connectivity index (χ0n) is 24.6. The molecule has 1 N–H and O–H groups in total. The average Bonchev–Trinajstić information content (AvgIpc) is 3.66. The second kappa shape index (κ2) is 10.7. The summed E-state index contributed by atoms with van der Waals surface area (Å²) >= 11 is 0. The summed E-state index contributed by atoms with van der Waals surface area (Å²) in [5.74, 6) is 0.591. The van der Waals surface area contributed by atoms with Crippen LogP contribution in [0.2, 0.25) is 0 Å². The van der Waals surface area contributed by atoms with Gasteiger partial charge in [-0.2, -0.15) is 0 Å². The second-order valence-corrected chi connectivity index (χ2v) is 12.8. The summed E-state index contributed by atoms with van der Waals surface area (Å²) in [4.78, 5) is 40.1. The molecule has 3 aliphatic heterocycles. The molecule has 1 spiro atoms. The van der Waals surface area contributed by atoms with Crippen molar-refractivity contribution in [2.45, 2.75) is 52.1 Å². The molecule has 3 aliphatic rings. The Morgan fingerprint density at radius 1 is 1.12 bits per heavy atom. The van der Waals surface area contributed by atoms with E-state index in [0.717, 1.165) is 56.8 Å². The van der Waals surface area contributed by atoms with Crippen molar-refractivity contribution in [2.75, 3.05) is 43.4 Å². The van der Waals surface area contributed by atoms with E-state index in [2.05, 4.69) is 43.3 Å². The number of benzene rings is 2. The molecule has 1 atom stereocenters. The lowest BCUT2D eigenvalue weighted by atomic mass is 9.86. The normalized spacial score (nSPS) is 20.2. The molecule has 4 heterocycles. The monoisotopic (exact) mass is 572 g/mol. The Bertz CT molecular complexity index is 1540. The van der Waals surface area contributed by atoms with E-state index in [9.17, 15) is 14.0 Å². The van der Waals surface area contributed by atoms with Gasteiger partial charge >= 0.3 is 0 Å². The first-order valence-electron chi connectivity index (χ1n) is 14.4. The van der Waals surface area contributed by atoms with Crippen LogP contribution in [0.25, 0.3) is 0 Å². The fraction of sp³-hybridized carbons (Fsp3) is 0.438. The third-order valence-corrected chi connectivity index (χ3v) is 8.82. The lowest BCUT2D eigenvalue weighted by molar-refractivity contribution is -0.115. The molecule has 10 heteroatoms. The van der Waals surface area contributed by atoms with Crippen LogP contribution in [0, 0.1) is 11.2 Å². The molecule has 0 aliphatic carbocycles. The molecule has 220 valence electrons. The number of carbonyl (C=O) groups is 2. The molecule has 6 rings (SSSR count). The van der Waals surface area contributed by atoms with E-state index in [1.165, 1.54) is 30.1 Å². The summed E-state index contributed by atoms with van der Waals surface area (Å²) in [5.41, 5.74) is 3.05. The summed E-state index contributed by atoms with van der Waals surface area (Å²) in [6.45, 7) is 10.3. The summed E-state index contributed by atoms with van der Waals surface area (Å²) in [6.07, 6.45) is 5.68. The van der Waals surface area contributed by atoms with Gasteiger partial charge in [-0.05, 0) is 75.5 Å². The molecular weight excluding hydrogens is 535 g/mol. The number of anilines is 2. The van der Waals surface area contributed by atoms with E-state index >= 15 is 0 Å². The summed E-state index contributed by atoms with van der Waals surface area (Å²) in [5, 5.41) is 2.95. The molecule has 2 amide bonds. The number of rotatable bonds is 6. The third kappa shape index (κ3) is 5.55. The highest BCUT2D eigenvalue weighted by Crippen LogP contribution is 2.43. The number of carbonyl (C=O) groups excluding carboxylic acids is 2. The standard InChI is InChI=1S/C32H37FN6O3/c1-31(2,3)37(4)30(41)24-15-23(33)7-8-26(24)42-27-16-34-20-35-29(27)39-12-10-32(19-39)9-11-38(18-32)17-21-5-6-22-14-28(40)36-25(22)13-21/h5-8,13,15-16,20H,9-12,14,17-19H2,1-4H3,(H,36,40). The summed E-state index contributed by atoms with van der Waals surface area (Å²) in [7, 11) is 1.70. The molecule has 0 radical (unpaired) electrons. The van der Waals surface area contributed by atoms with E-state index in [4.69, 9.17) is 4.74 Å². The molecule has 2 saturated heterocycles. The maximum Gasteiger partial charge on any atom is 0.257 e. The van der Waals surface area contributed by atoms with Crippen LogP contribution in [-0.2, 0) is 17.8 Å². The third-order valence-electron chi connectivity index (χ3n) is 8.82. The number of fused-ring (bicyclic) bond motifs is 1. The van der Waals surface area contributed by atoms with Crippen LogP contribution >= 0.6 is 0 Å². The number of aromatic nitrogens is 2. The summed E-state index contributed by atoms with van der Waals surface area (Å²) in [6, 6.07) is 10.3. The van der Waals surface area contributed by atoms with Crippen molar-refractivity contribution in [3.63, 3.8) is 0 Å². The number of ether oxygens (including phenoxy) is 1. The van der Waals surface area contributed by atoms with Crippen LogP contribution in [-0.4, -0.2) is 70.3 Å². The molecule has 0 bridgehead atoms. The quantitative estimate of drug-likeness (QED) is 0.451. The predicted octanol–water partition coefficient (Wildman–Crippen LogP) is 4.88. The highest BCUT2D eigenvalue weighted by Gasteiger charge is 2.44. The van der Waals surface area contributed by atoms with Crippen molar-refractivity contribution in [1.82, 2.24) is 19.8 Å². The Morgan fingerprint density at radius 3 is 2.74 bits per heavy atom. The number of halogens is 1. The van der Waals surface area contributed by atoms with Crippen LogP contribution < -0.4 is 15.0 Å². The van der Waals surface area contributed by atoms with E-state index in [0.29, 0.717) is 18.0 Å². The van der Waals surface area contributed by atoms with Gasteiger partial charge in [0.1, 0.15) is 17.9 Å². The van der Waals surface area contributed by atoms with Gasteiger partial charge in [0.05, 0.1) is 18.2 Å². The fourth-order valence-corrected chi connectivity index (χ4v) is 6.21. The van der Waals surface area contributed by atoms with Crippen molar-refractivity contribution in [3.05, 3.63) is 71.4 Å².